The number of hydrogen-bond acceptors (Lipinski definition) is 3. The van der Waals surface area contributed by atoms with Crippen LogP contribution in [0.4, 0.5) is 0 Å². The predicted octanol–water partition coefficient (Wildman–Crippen LogP) is 3.22. The minimum Gasteiger partial charge on any atom is -0.478 e. The second kappa shape index (κ2) is 5.24. The molecule has 3 nitrogen and oxygen atoms in total. The number of likely N-dealkylation sites (tertiary alicyclic amines) is 1. The van der Waals surface area contributed by atoms with Gasteiger partial charge in [-0.15, -0.1) is 11.3 Å². The Morgan fingerprint density at radius 3 is 3.00 bits per heavy atom. The maximum absolute atomic E-state index is 10.6. The molecule has 2 rings (SSSR count). The first-order valence-corrected chi connectivity index (χ1v) is 7.09. The first-order valence-electron chi connectivity index (χ1n) is 6.21. The molecule has 0 atom stereocenters. The van der Waals surface area contributed by atoms with Crippen molar-refractivity contribution >= 4 is 23.4 Å². The minimum absolute atomic E-state index is 0.262. The summed E-state index contributed by atoms with van der Waals surface area (Å²) in [5.74, 6) is -0.895. The number of rotatable bonds is 4. The maximum atomic E-state index is 10.6. The lowest BCUT2D eigenvalue weighted by Gasteiger charge is -2.31. The third-order valence-electron chi connectivity index (χ3n) is 3.59. The van der Waals surface area contributed by atoms with Crippen LogP contribution in [0.5, 0.6) is 0 Å². The average Bonchev–Trinajstić information content (AvgIpc) is 2.84. The predicted molar refractivity (Wildman–Crippen MR) is 74.7 cm³/mol. The van der Waals surface area contributed by atoms with Gasteiger partial charge in [0, 0.05) is 23.0 Å². The highest BCUT2D eigenvalue weighted by Crippen LogP contribution is 2.31. The Hall–Kier alpha value is -1.13. The van der Waals surface area contributed by atoms with E-state index in [4.69, 9.17) is 5.11 Å². The fourth-order valence-electron chi connectivity index (χ4n) is 2.42. The van der Waals surface area contributed by atoms with Crippen LogP contribution in [0.1, 0.15) is 37.1 Å². The summed E-state index contributed by atoms with van der Waals surface area (Å²) in [6, 6.07) is 1.99. The monoisotopic (exact) mass is 265 g/mol. The first kappa shape index (κ1) is 13.3. The highest BCUT2D eigenvalue weighted by atomic mass is 32.1. The highest BCUT2D eigenvalue weighted by Gasteiger charge is 2.31. The maximum Gasteiger partial charge on any atom is 0.328 e. The van der Waals surface area contributed by atoms with Gasteiger partial charge in [-0.1, -0.05) is 0 Å². The Labute approximate surface area is 112 Å². The SMILES string of the molecule is CC1(C)CCCN1Cc1sccc1C=CC(=O)O. The molecular formula is C14H19NO2S. The molecule has 18 heavy (non-hydrogen) atoms. The van der Waals surface area contributed by atoms with E-state index in [2.05, 4.69) is 18.7 Å². The van der Waals surface area contributed by atoms with E-state index in [1.165, 1.54) is 23.8 Å². The smallest absolute Gasteiger partial charge is 0.328 e. The Kier molecular flexibility index (Phi) is 3.88. The van der Waals surface area contributed by atoms with E-state index in [-0.39, 0.29) is 5.54 Å². The van der Waals surface area contributed by atoms with Crippen molar-refractivity contribution in [3.05, 3.63) is 28.0 Å². The number of carbonyl (C=O) groups is 1. The van der Waals surface area contributed by atoms with Crippen LogP contribution in [0.3, 0.4) is 0 Å². The Morgan fingerprint density at radius 2 is 2.39 bits per heavy atom. The van der Waals surface area contributed by atoms with Gasteiger partial charge in [-0.3, -0.25) is 4.90 Å². The van der Waals surface area contributed by atoms with Crippen LogP contribution in [0.25, 0.3) is 6.08 Å². The average molecular weight is 265 g/mol. The van der Waals surface area contributed by atoms with Crippen LogP contribution < -0.4 is 0 Å². The van der Waals surface area contributed by atoms with Crippen LogP contribution in [0, 0.1) is 0 Å². The lowest BCUT2D eigenvalue weighted by atomic mass is 10.0. The Balaban J connectivity index is 2.10. The molecule has 1 aromatic heterocycles. The number of carboxylic acids is 1. The molecular weight excluding hydrogens is 246 g/mol. The van der Waals surface area contributed by atoms with E-state index in [0.29, 0.717) is 0 Å². The summed E-state index contributed by atoms with van der Waals surface area (Å²) in [5.41, 5.74) is 1.29. The van der Waals surface area contributed by atoms with Gasteiger partial charge in [-0.2, -0.15) is 0 Å². The molecule has 4 heteroatoms. The molecule has 2 heterocycles. The molecule has 0 aromatic carbocycles. The molecule has 1 fully saturated rings. The van der Waals surface area contributed by atoms with Gasteiger partial charge in [0.05, 0.1) is 0 Å². The van der Waals surface area contributed by atoms with E-state index in [0.717, 1.165) is 18.7 Å². The number of aliphatic carboxylic acids is 1. The molecule has 1 aromatic rings. The molecule has 0 saturated carbocycles. The normalized spacial score (nSPS) is 19.7. The molecule has 0 bridgehead atoms. The van der Waals surface area contributed by atoms with Gasteiger partial charge in [0.1, 0.15) is 0 Å². The molecule has 1 saturated heterocycles. The van der Waals surface area contributed by atoms with Crippen molar-refractivity contribution in [3.63, 3.8) is 0 Å². The molecule has 98 valence electrons. The summed E-state index contributed by atoms with van der Waals surface area (Å²) < 4.78 is 0. The summed E-state index contributed by atoms with van der Waals surface area (Å²) in [4.78, 5) is 14.3. The molecule has 0 unspecified atom stereocenters. The zero-order valence-electron chi connectivity index (χ0n) is 10.8. The summed E-state index contributed by atoms with van der Waals surface area (Å²) >= 11 is 1.70. The van der Waals surface area contributed by atoms with E-state index in [1.54, 1.807) is 17.4 Å². The van der Waals surface area contributed by atoms with Crippen LogP contribution in [-0.4, -0.2) is 28.1 Å². The van der Waals surface area contributed by atoms with E-state index < -0.39 is 5.97 Å². The van der Waals surface area contributed by atoms with Crippen molar-refractivity contribution < 1.29 is 9.90 Å². The summed E-state index contributed by atoms with van der Waals surface area (Å²) in [6.45, 7) is 6.61. The number of hydrogen-bond donors (Lipinski definition) is 1. The lowest BCUT2D eigenvalue weighted by molar-refractivity contribution is -0.131. The lowest BCUT2D eigenvalue weighted by Crippen LogP contribution is -2.37. The molecule has 1 aliphatic heterocycles. The van der Waals surface area contributed by atoms with Crippen molar-refractivity contribution in [1.82, 2.24) is 4.90 Å². The standard InChI is InChI=1S/C14H19NO2S/c1-14(2)7-3-8-15(14)10-12-11(6-9-18-12)4-5-13(16)17/h4-6,9H,3,7-8,10H2,1-2H3,(H,16,17). The number of nitrogens with zero attached hydrogens (tertiary/aromatic N) is 1. The van der Waals surface area contributed by atoms with Gasteiger partial charge in [-0.25, -0.2) is 4.79 Å². The highest BCUT2D eigenvalue weighted by molar-refractivity contribution is 7.10. The van der Waals surface area contributed by atoms with E-state index in [1.807, 2.05) is 11.4 Å². The van der Waals surface area contributed by atoms with Crippen molar-refractivity contribution in [1.29, 1.82) is 0 Å². The molecule has 0 spiro atoms. The van der Waals surface area contributed by atoms with Gasteiger partial charge in [-0.05, 0) is 56.3 Å². The van der Waals surface area contributed by atoms with Crippen LogP contribution >= 0.6 is 11.3 Å². The molecule has 0 radical (unpaired) electrons. The van der Waals surface area contributed by atoms with Crippen molar-refractivity contribution in [2.24, 2.45) is 0 Å². The van der Waals surface area contributed by atoms with E-state index >= 15 is 0 Å². The van der Waals surface area contributed by atoms with Crippen molar-refractivity contribution in [3.8, 4) is 0 Å². The molecule has 0 amide bonds. The fourth-order valence-corrected chi connectivity index (χ4v) is 3.30. The van der Waals surface area contributed by atoms with Crippen LogP contribution in [-0.2, 0) is 11.3 Å². The number of carboxylic acid groups (broad SMARTS) is 1. The quantitative estimate of drug-likeness (QED) is 0.850. The number of thiophene rings is 1. The van der Waals surface area contributed by atoms with Crippen LogP contribution in [0.15, 0.2) is 17.5 Å². The van der Waals surface area contributed by atoms with Gasteiger partial charge in [0.25, 0.3) is 0 Å². The third-order valence-corrected chi connectivity index (χ3v) is 4.51. The Bertz CT molecular complexity index is 462. The zero-order valence-corrected chi connectivity index (χ0v) is 11.7. The topological polar surface area (TPSA) is 40.5 Å². The van der Waals surface area contributed by atoms with Gasteiger partial charge < -0.3 is 5.11 Å². The molecule has 1 N–H and O–H groups in total. The Morgan fingerprint density at radius 1 is 1.61 bits per heavy atom. The summed E-state index contributed by atoms with van der Waals surface area (Å²) in [6.07, 6.45) is 5.38. The third kappa shape index (κ3) is 3.00. The summed E-state index contributed by atoms with van der Waals surface area (Å²) in [7, 11) is 0. The molecule has 0 aliphatic carbocycles. The zero-order chi connectivity index (χ0) is 13.2. The van der Waals surface area contributed by atoms with Gasteiger partial charge in [0.15, 0.2) is 0 Å². The first-order chi connectivity index (χ1) is 8.49. The largest absolute Gasteiger partial charge is 0.478 e. The van der Waals surface area contributed by atoms with Crippen molar-refractivity contribution in [2.45, 2.75) is 38.8 Å². The van der Waals surface area contributed by atoms with Gasteiger partial charge in [0.2, 0.25) is 0 Å². The minimum atomic E-state index is -0.895. The molecule has 1 aliphatic rings. The van der Waals surface area contributed by atoms with Crippen molar-refractivity contribution in [2.75, 3.05) is 6.54 Å². The van der Waals surface area contributed by atoms with E-state index in [9.17, 15) is 4.79 Å². The second-order valence-corrected chi connectivity index (χ2v) is 6.31. The summed E-state index contributed by atoms with van der Waals surface area (Å²) in [5, 5.41) is 10.7. The second-order valence-electron chi connectivity index (χ2n) is 5.31. The fraction of sp³-hybridized carbons (Fsp3) is 0.500. The van der Waals surface area contributed by atoms with Gasteiger partial charge >= 0.3 is 5.97 Å². The van der Waals surface area contributed by atoms with Crippen LogP contribution in [0.2, 0.25) is 0 Å².